The van der Waals surface area contributed by atoms with Crippen molar-refractivity contribution >= 4 is 34.6 Å². The molecule has 0 aliphatic carbocycles. The van der Waals surface area contributed by atoms with Crippen molar-refractivity contribution in [3.05, 3.63) is 44.7 Å². The Balaban J connectivity index is 2.49. The number of esters is 1. The summed E-state index contributed by atoms with van der Waals surface area (Å²) in [5, 5.41) is 5.33. The van der Waals surface area contributed by atoms with Gasteiger partial charge in [-0.15, -0.1) is 0 Å². The molecule has 0 saturated carbocycles. The summed E-state index contributed by atoms with van der Waals surface area (Å²) in [5.74, 6) is -0.450. The molecule has 100 valence electrons. The van der Waals surface area contributed by atoms with E-state index >= 15 is 0 Å². The number of ether oxygens (including phenoxy) is 1. The van der Waals surface area contributed by atoms with Crippen LogP contribution in [0.15, 0.2) is 35.5 Å². The largest absolute Gasteiger partial charge is 0.466 e. The zero-order chi connectivity index (χ0) is 14.0. The molecule has 1 atom stereocenters. The van der Waals surface area contributed by atoms with Crippen molar-refractivity contribution in [1.82, 2.24) is 10.6 Å². The van der Waals surface area contributed by atoms with Crippen molar-refractivity contribution in [3.63, 3.8) is 0 Å². The average molecular weight is 372 g/mol. The van der Waals surface area contributed by atoms with Crippen molar-refractivity contribution in [2.45, 2.75) is 13.0 Å². The second-order valence-electron chi connectivity index (χ2n) is 4.12. The third-order valence-corrected chi connectivity index (χ3v) is 3.53. The maximum atomic E-state index is 11.9. The van der Waals surface area contributed by atoms with E-state index in [1.54, 1.807) is 6.92 Å². The van der Waals surface area contributed by atoms with Crippen LogP contribution in [0.25, 0.3) is 0 Å². The maximum absolute atomic E-state index is 11.9. The minimum Gasteiger partial charge on any atom is -0.466 e. The van der Waals surface area contributed by atoms with E-state index in [4.69, 9.17) is 4.74 Å². The van der Waals surface area contributed by atoms with E-state index in [0.717, 1.165) is 9.13 Å². The minimum absolute atomic E-state index is 0.325. The van der Waals surface area contributed by atoms with Crippen molar-refractivity contribution in [3.8, 4) is 0 Å². The van der Waals surface area contributed by atoms with E-state index in [1.807, 2.05) is 24.3 Å². The van der Waals surface area contributed by atoms with Gasteiger partial charge < -0.3 is 15.4 Å². The van der Waals surface area contributed by atoms with Crippen molar-refractivity contribution in [1.29, 1.82) is 0 Å². The summed E-state index contributed by atoms with van der Waals surface area (Å²) in [6.45, 7) is 1.69. The molecule has 1 aliphatic heterocycles. The second kappa shape index (κ2) is 5.60. The van der Waals surface area contributed by atoms with Gasteiger partial charge >= 0.3 is 12.0 Å². The molecule has 1 aliphatic rings. The number of urea groups is 1. The molecule has 6 heteroatoms. The molecule has 19 heavy (non-hydrogen) atoms. The fourth-order valence-corrected chi connectivity index (χ4v) is 2.58. The third-order valence-electron chi connectivity index (χ3n) is 2.86. The summed E-state index contributed by atoms with van der Waals surface area (Å²) in [6, 6.07) is 6.81. The Kier molecular flexibility index (Phi) is 4.08. The highest BCUT2D eigenvalue weighted by molar-refractivity contribution is 14.1. The summed E-state index contributed by atoms with van der Waals surface area (Å²) in [7, 11) is 1.32. The molecule has 2 rings (SSSR count). The Bertz CT molecular complexity index is 569. The predicted octanol–water partition coefficient (Wildman–Crippen LogP) is 2.09. The molecular weight excluding hydrogens is 359 g/mol. The number of nitrogens with one attached hydrogen (secondary N) is 2. The highest BCUT2D eigenvalue weighted by Gasteiger charge is 2.31. The molecule has 5 nitrogen and oxygen atoms in total. The summed E-state index contributed by atoms with van der Waals surface area (Å²) >= 11 is 2.19. The van der Waals surface area contributed by atoms with Gasteiger partial charge in [0.1, 0.15) is 0 Å². The number of methoxy groups -OCH3 is 1. The van der Waals surface area contributed by atoms with E-state index in [0.29, 0.717) is 11.3 Å². The van der Waals surface area contributed by atoms with Crippen LogP contribution in [0.4, 0.5) is 4.79 Å². The van der Waals surface area contributed by atoms with Crippen LogP contribution in [0.3, 0.4) is 0 Å². The molecule has 0 saturated heterocycles. The van der Waals surface area contributed by atoms with Crippen LogP contribution in [0.5, 0.6) is 0 Å². The van der Waals surface area contributed by atoms with Gasteiger partial charge in [-0.1, -0.05) is 12.1 Å². The Hall–Kier alpha value is -1.57. The third kappa shape index (κ3) is 2.89. The molecule has 0 spiro atoms. The molecule has 0 bridgehead atoms. The number of halogens is 1. The molecular formula is C13H13IN2O3. The van der Waals surface area contributed by atoms with E-state index in [1.165, 1.54) is 7.11 Å². The highest BCUT2D eigenvalue weighted by atomic mass is 127. The first kappa shape index (κ1) is 13.9. The molecule has 0 aromatic heterocycles. The van der Waals surface area contributed by atoms with Gasteiger partial charge in [0.05, 0.1) is 18.7 Å². The average Bonchev–Trinajstić information content (AvgIpc) is 2.37. The fraction of sp³-hybridized carbons (Fsp3) is 0.231. The van der Waals surface area contributed by atoms with Crippen molar-refractivity contribution in [2.75, 3.05) is 7.11 Å². The second-order valence-corrected chi connectivity index (χ2v) is 5.36. The Labute approximate surface area is 124 Å². The number of allylic oxidation sites excluding steroid dienone is 1. The van der Waals surface area contributed by atoms with Crippen molar-refractivity contribution in [2.24, 2.45) is 0 Å². The van der Waals surface area contributed by atoms with Crippen molar-refractivity contribution < 1.29 is 14.3 Å². The van der Waals surface area contributed by atoms with Gasteiger partial charge in [0.15, 0.2) is 0 Å². The molecule has 2 N–H and O–H groups in total. The topological polar surface area (TPSA) is 67.4 Å². The van der Waals surface area contributed by atoms with E-state index in [-0.39, 0.29) is 6.03 Å². The Morgan fingerprint density at radius 1 is 1.42 bits per heavy atom. The molecule has 2 amide bonds. The van der Waals surface area contributed by atoms with Crippen LogP contribution < -0.4 is 10.6 Å². The van der Waals surface area contributed by atoms with Gasteiger partial charge in [-0.05, 0) is 47.2 Å². The van der Waals surface area contributed by atoms with Gasteiger partial charge in [-0.25, -0.2) is 9.59 Å². The predicted molar refractivity (Wildman–Crippen MR) is 78.3 cm³/mol. The van der Waals surface area contributed by atoms with E-state index in [2.05, 4.69) is 33.2 Å². The first-order valence-electron chi connectivity index (χ1n) is 5.65. The van der Waals surface area contributed by atoms with Crippen LogP contribution in [0, 0.1) is 3.57 Å². The minimum atomic E-state index is -0.490. The van der Waals surface area contributed by atoms with Crippen LogP contribution in [0.1, 0.15) is 18.5 Å². The molecule has 0 radical (unpaired) electrons. The van der Waals surface area contributed by atoms with Crippen LogP contribution >= 0.6 is 22.6 Å². The highest BCUT2D eigenvalue weighted by Crippen LogP contribution is 2.28. The van der Waals surface area contributed by atoms with E-state index in [9.17, 15) is 9.59 Å². The SMILES string of the molecule is COC(=O)C1=C(C)NC(=O)NC1c1cccc(I)c1. The zero-order valence-corrected chi connectivity index (χ0v) is 12.6. The summed E-state index contributed by atoms with van der Waals surface area (Å²) in [5.41, 5.74) is 1.78. The number of carbonyl (C=O) groups is 2. The van der Waals surface area contributed by atoms with Gasteiger partial charge in [0.25, 0.3) is 0 Å². The lowest BCUT2D eigenvalue weighted by atomic mass is 9.96. The number of hydrogen-bond acceptors (Lipinski definition) is 3. The molecule has 1 aromatic carbocycles. The monoisotopic (exact) mass is 372 g/mol. The number of hydrogen-bond donors (Lipinski definition) is 2. The zero-order valence-electron chi connectivity index (χ0n) is 10.5. The number of carbonyl (C=O) groups excluding carboxylic acids is 2. The molecule has 1 unspecified atom stereocenters. The van der Waals surface area contributed by atoms with Crippen LogP contribution in [-0.2, 0) is 9.53 Å². The van der Waals surface area contributed by atoms with Crippen LogP contribution in [-0.4, -0.2) is 19.1 Å². The fourth-order valence-electron chi connectivity index (χ4n) is 2.01. The van der Waals surface area contributed by atoms with Gasteiger partial charge in [0, 0.05) is 9.27 Å². The van der Waals surface area contributed by atoms with Gasteiger partial charge in [0.2, 0.25) is 0 Å². The first-order valence-corrected chi connectivity index (χ1v) is 6.73. The quantitative estimate of drug-likeness (QED) is 0.617. The lowest BCUT2D eigenvalue weighted by molar-refractivity contribution is -0.136. The Morgan fingerprint density at radius 2 is 2.16 bits per heavy atom. The van der Waals surface area contributed by atoms with Gasteiger partial charge in [-0.3, -0.25) is 0 Å². The molecule has 0 fully saturated rings. The number of amides is 2. The summed E-state index contributed by atoms with van der Waals surface area (Å²) < 4.78 is 5.82. The normalized spacial score (nSPS) is 18.7. The molecule has 1 aromatic rings. The number of rotatable bonds is 2. The van der Waals surface area contributed by atoms with Gasteiger partial charge in [-0.2, -0.15) is 0 Å². The smallest absolute Gasteiger partial charge is 0.337 e. The standard InChI is InChI=1S/C13H13IN2O3/c1-7-10(12(17)19-2)11(16-13(18)15-7)8-4-3-5-9(14)6-8/h3-6,11H,1-2H3,(H2,15,16,18). The molecule has 1 heterocycles. The summed E-state index contributed by atoms with van der Waals surface area (Å²) in [4.78, 5) is 23.5. The van der Waals surface area contributed by atoms with Crippen LogP contribution in [0.2, 0.25) is 0 Å². The Morgan fingerprint density at radius 3 is 2.79 bits per heavy atom. The van der Waals surface area contributed by atoms with E-state index < -0.39 is 12.0 Å². The lowest BCUT2D eigenvalue weighted by Gasteiger charge is -2.27. The lowest BCUT2D eigenvalue weighted by Crippen LogP contribution is -2.45. The first-order chi connectivity index (χ1) is 9.02. The summed E-state index contributed by atoms with van der Waals surface area (Å²) in [6.07, 6.45) is 0. The number of benzene rings is 1. The maximum Gasteiger partial charge on any atom is 0.337 e.